The van der Waals surface area contributed by atoms with E-state index in [0.29, 0.717) is 21.3 Å². The summed E-state index contributed by atoms with van der Waals surface area (Å²) in [6.07, 6.45) is 5.05. The molecule has 3 aromatic carbocycles. The first-order chi connectivity index (χ1) is 19.2. The number of carbonyl (C=O) groups excluding carboxylic acids is 2. The summed E-state index contributed by atoms with van der Waals surface area (Å²) < 4.78 is 28.6. The fraction of sp³-hybridized carbons (Fsp3) is 0.333. The van der Waals surface area contributed by atoms with Crippen LogP contribution in [0.4, 0.5) is 5.69 Å². The second-order valence-corrected chi connectivity index (χ2v) is 12.6. The van der Waals surface area contributed by atoms with Gasteiger partial charge in [-0.3, -0.25) is 13.9 Å². The minimum absolute atomic E-state index is 0.0446. The van der Waals surface area contributed by atoms with Gasteiger partial charge >= 0.3 is 0 Å². The average molecular weight is 603 g/mol. The van der Waals surface area contributed by atoms with Crippen LogP contribution in [0.3, 0.4) is 0 Å². The molecule has 0 radical (unpaired) electrons. The Morgan fingerprint density at radius 3 is 2.15 bits per heavy atom. The molecule has 10 heteroatoms. The zero-order valence-corrected chi connectivity index (χ0v) is 24.6. The molecule has 0 aliphatic heterocycles. The highest BCUT2D eigenvalue weighted by molar-refractivity contribution is 7.92. The van der Waals surface area contributed by atoms with Crippen LogP contribution >= 0.6 is 23.2 Å². The van der Waals surface area contributed by atoms with Gasteiger partial charge in [0.05, 0.1) is 20.6 Å². The van der Waals surface area contributed by atoms with Crippen LogP contribution < -0.4 is 9.62 Å². The standard InChI is InChI=1S/C30H33Cl2N3O4S/c1-22(30(37)33-24-11-5-2-6-12-24)34(20-23-17-18-27(31)28(32)19-23)29(36)21-35(25-13-7-3-8-14-25)40(38,39)26-15-9-4-10-16-26/h3-4,7-10,13-19,22,24H,2,5-6,11-12,20-21H2,1H3,(H,33,37). The highest BCUT2D eigenvalue weighted by Gasteiger charge is 2.33. The van der Waals surface area contributed by atoms with Crippen molar-refractivity contribution in [2.45, 2.75) is 62.6 Å². The molecule has 1 aliphatic carbocycles. The lowest BCUT2D eigenvalue weighted by Gasteiger charge is -2.33. The molecule has 0 aromatic heterocycles. The van der Waals surface area contributed by atoms with Gasteiger partial charge in [0.2, 0.25) is 11.8 Å². The molecule has 1 unspecified atom stereocenters. The highest BCUT2D eigenvalue weighted by Crippen LogP contribution is 2.26. The van der Waals surface area contributed by atoms with Gasteiger partial charge in [-0.15, -0.1) is 0 Å². The summed E-state index contributed by atoms with van der Waals surface area (Å²) in [5.74, 6) is -0.807. The lowest BCUT2D eigenvalue weighted by Crippen LogP contribution is -2.53. The van der Waals surface area contributed by atoms with Crippen molar-refractivity contribution in [2.75, 3.05) is 10.8 Å². The van der Waals surface area contributed by atoms with E-state index in [1.807, 2.05) is 0 Å². The van der Waals surface area contributed by atoms with Crippen LogP contribution in [0.5, 0.6) is 0 Å². The van der Waals surface area contributed by atoms with E-state index in [-0.39, 0.29) is 23.4 Å². The van der Waals surface area contributed by atoms with Crippen molar-refractivity contribution >= 4 is 50.7 Å². The SMILES string of the molecule is CC(C(=O)NC1CCCCC1)N(Cc1ccc(Cl)c(Cl)c1)C(=O)CN(c1ccccc1)S(=O)(=O)c1ccccc1. The number of hydrogen-bond acceptors (Lipinski definition) is 4. The monoisotopic (exact) mass is 601 g/mol. The lowest BCUT2D eigenvalue weighted by atomic mass is 9.95. The molecule has 1 N–H and O–H groups in total. The largest absolute Gasteiger partial charge is 0.352 e. The second-order valence-electron chi connectivity index (χ2n) is 9.95. The van der Waals surface area contributed by atoms with Gasteiger partial charge in [-0.25, -0.2) is 8.42 Å². The Bertz CT molecular complexity index is 1420. The zero-order valence-electron chi connectivity index (χ0n) is 22.3. The Balaban J connectivity index is 1.66. The fourth-order valence-corrected chi connectivity index (χ4v) is 6.58. The first-order valence-electron chi connectivity index (χ1n) is 13.3. The van der Waals surface area contributed by atoms with Crippen LogP contribution in [0.2, 0.25) is 10.0 Å². The number of carbonyl (C=O) groups is 2. The van der Waals surface area contributed by atoms with Crippen LogP contribution in [0.15, 0.2) is 83.8 Å². The van der Waals surface area contributed by atoms with E-state index < -0.39 is 28.5 Å². The van der Waals surface area contributed by atoms with E-state index >= 15 is 0 Å². The number of rotatable bonds is 10. The van der Waals surface area contributed by atoms with Gasteiger partial charge < -0.3 is 10.2 Å². The topological polar surface area (TPSA) is 86.8 Å². The molecule has 7 nitrogen and oxygen atoms in total. The Hall–Kier alpha value is -3.07. The van der Waals surface area contributed by atoms with Crippen LogP contribution in [0.25, 0.3) is 0 Å². The van der Waals surface area contributed by atoms with Crippen molar-refractivity contribution in [2.24, 2.45) is 0 Å². The fourth-order valence-electron chi connectivity index (χ4n) is 4.83. The molecule has 4 rings (SSSR count). The first kappa shape index (κ1) is 29.9. The quantitative estimate of drug-likeness (QED) is 0.306. The summed E-state index contributed by atoms with van der Waals surface area (Å²) >= 11 is 12.3. The first-order valence-corrected chi connectivity index (χ1v) is 15.5. The number of amides is 2. The molecule has 1 fully saturated rings. The van der Waals surface area contributed by atoms with Crippen LogP contribution in [-0.4, -0.2) is 43.8 Å². The molecule has 3 aromatic rings. The van der Waals surface area contributed by atoms with E-state index in [9.17, 15) is 18.0 Å². The van der Waals surface area contributed by atoms with Crippen molar-refractivity contribution < 1.29 is 18.0 Å². The number of benzene rings is 3. The van der Waals surface area contributed by atoms with E-state index in [1.54, 1.807) is 73.7 Å². The van der Waals surface area contributed by atoms with Gasteiger partial charge in [-0.05, 0) is 61.7 Å². The number of sulfonamides is 1. The number of para-hydroxylation sites is 1. The smallest absolute Gasteiger partial charge is 0.264 e. The number of nitrogens with one attached hydrogen (secondary N) is 1. The van der Waals surface area contributed by atoms with Gasteiger partial charge in [0.25, 0.3) is 10.0 Å². The van der Waals surface area contributed by atoms with Crippen LogP contribution in [0, 0.1) is 0 Å². The maximum atomic E-state index is 14.0. The van der Waals surface area contributed by atoms with Gasteiger partial charge in [0.1, 0.15) is 12.6 Å². The van der Waals surface area contributed by atoms with Crippen LogP contribution in [0.1, 0.15) is 44.6 Å². The molecule has 2 amide bonds. The van der Waals surface area contributed by atoms with Crippen molar-refractivity contribution in [3.8, 4) is 0 Å². The molecule has 1 atom stereocenters. The Morgan fingerprint density at radius 1 is 0.900 bits per heavy atom. The molecule has 0 bridgehead atoms. The molecule has 1 aliphatic rings. The third kappa shape index (κ3) is 7.36. The molecular formula is C30H33Cl2N3O4S. The van der Waals surface area contributed by atoms with E-state index in [2.05, 4.69) is 5.32 Å². The van der Waals surface area contributed by atoms with Gasteiger partial charge in [0.15, 0.2) is 0 Å². The minimum atomic E-state index is -4.09. The zero-order chi connectivity index (χ0) is 28.7. The minimum Gasteiger partial charge on any atom is -0.352 e. The lowest BCUT2D eigenvalue weighted by molar-refractivity contribution is -0.139. The summed E-state index contributed by atoms with van der Waals surface area (Å²) in [5.41, 5.74) is 1.01. The maximum Gasteiger partial charge on any atom is 0.264 e. The second kappa shape index (κ2) is 13.5. The molecular weight excluding hydrogens is 569 g/mol. The van der Waals surface area contributed by atoms with Gasteiger partial charge in [0, 0.05) is 12.6 Å². The normalized spacial score (nSPS) is 14.8. The molecule has 1 saturated carbocycles. The summed E-state index contributed by atoms with van der Waals surface area (Å²) in [5, 5.41) is 3.78. The Morgan fingerprint density at radius 2 is 1.52 bits per heavy atom. The summed E-state index contributed by atoms with van der Waals surface area (Å²) in [7, 11) is -4.09. The van der Waals surface area contributed by atoms with Gasteiger partial charge in [-0.1, -0.05) is 84.9 Å². The van der Waals surface area contributed by atoms with Crippen molar-refractivity contribution in [1.29, 1.82) is 0 Å². The number of hydrogen-bond donors (Lipinski definition) is 1. The molecule has 0 heterocycles. The number of anilines is 1. The van der Waals surface area contributed by atoms with Crippen LogP contribution in [-0.2, 0) is 26.2 Å². The number of halogens is 2. The van der Waals surface area contributed by atoms with Crippen molar-refractivity contribution in [3.63, 3.8) is 0 Å². The summed E-state index contributed by atoms with van der Waals surface area (Å²) in [6.45, 7) is 1.21. The molecule has 0 saturated heterocycles. The molecule has 0 spiro atoms. The summed E-state index contributed by atoms with van der Waals surface area (Å²) in [6, 6.07) is 20.6. The van der Waals surface area contributed by atoms with E-state index in [0.717, 1.165) is 36.4 Å². The Labute approximate surface area is 246 Å². The maximum absolute atomic E-state index is 14.0. The van der Waals surface area contributed by atoms with E-state index in [4.69, 9.17) is 23.2 Å². The number of nitrogens with zero attached hydrogens (tertiary/aromatic N) is 2. The Kier molecular flexibility index (Phi) is 10.1. The van der Waals surface area contributed by atoms with E-state index in [1.165, 1.54) is 17.0 Å². The van der Waals surface area contributed by atoms with Gasteiger partial charge in [-0.2, -0.15) is 0 Å². The summed E-state index contributed by atoms with van der Waals surface area (Å²) in [4.78, 5) is 28.8. The third-order valence-electron chi connectivity index (χ3n) is 7.11. The predicted octanol–water partition coefficient (Wildman–Crippen LogP) is 6.05. The third-order valence-corrected chi connectivity index (χ3v) is 9.64. The van der Waals surface area contributed by atoms with Crippen molar-refractivity contribution in [1.82, 2.24) is 10.2 Å². The molecule has 40 heavy (non-hydrogen) atoms. The van der Waals surface area contributed by atoms with Crippen molar-refractivity contribution in [3.05, 3.63) is 94.5 Å². The molecule has 212 valence electrons. The predicted molar refractivity (Wildman–Crippen MR) is 159 cm³/mol. The average Bonchev–Trinajstić information content (AvgIpc) is 2.97. The highest BCUT2D eigenvalue weighted by atomic mass is 35.5.